The van der Waals surface area contributed by atoms with Crippen molar-refractivity contribution in [1.29, 1.82) is 0 Å². The number of halogens is 2. The Morgan fingerprint density at radius 1 is 1.00 bits per heavy atom. The van der Waals surface area contributed by atoms with E-state index in [0.717, 1.165) is 22.2 Å². The molecule has 3 amide bonds. The summed E-state index contributed by atoms with van der Waals surface area (Å²) in [7, 11) is -2.75. The van der Waals surface area contributed by atoms with Crippen molar-refractivity contribution in [3.8, 4) is 0 Å². The van der Waals surface area contributed by atoms with E-state index in [-0.39, 0.29) is 16.9 Å². The first-order valence-corrected chi connectivity index (χ1v) is 13.5. The first kappa shape index (κ1) is 26.2. The molecular weight excluding hydrogens is 520 g/mol. The van der Waals surface area contributed by atoms with Gasteiger partial charge in [-0.1, -0.05) is 18.2 Å². The average molecular weight is 544 g/mol. The number of sulfonamides is 1. The van der Waals surface area contributed by atoms with Crippen molar-refractivity contribution in [3.05, 3.63) is 94.9 Å². The van der Waals surface area contributed by atoms with Crippen LogP contribution < -0.4 is 14.9 Å². The van der Waals surface area contributed by atoms with Crippen LogP contribution in [0.5, 0.6) is 0 Å². The molecule has 7 nitrogen and oxygen atoms in total. The maximum atomic E-state index is 13.8. The lowest BCUT2D eigenvalue weighted by Gasteiger charge is -2.25. The van der Waals surface area contributed by atoms with E-state index >= 15 is 0 Å². The third-order valence-electron chi connectivity index (χ3n) is 5.73. The Morgan fingerprint density at radius 3 is 2.41 bits per heavy atom. The molecule has 3 aromatic carbocycles. The zero-order valence-electron chi connectivity index (χ0n) is 19.9. The minimum atomic E-state index is -4.24. The lowest BCUT2D eigenvalue weighted by molar-refractivity contribution is -0.120. The van der Waals surface area contributed by atoms with Crippen molar-refractivity contribution >= 4 is 49.1 Å². The van der Waals surface area contributed by atoms with E-state index in [0.29, 0.717) is 17.3 Å². The Balaban J connectivity index is 1.60. The predicted octanol–water partition coefficient (Wildman–Crippen LogP) is 4.75. The quantitative estimate of drug-likeness (QED) is 0.352. The summed E-state index contributed by atoms with van der Waals surface area (Å²) in [5, 5.41) is 5.20. The van der Waals surface area contributed by atoms with Crippen LogP contribution in [-0.4, -0.2) is 33.4 Å². The number of likely N-dealkylation sites (N-methyl/N-ethyl adjacent to an activating group) is 1. The summed E-state index contributed by atoms with van der Waals surface area (Å²) in [6, 6.07) is 13.7. The summed E-state index contributed by atoms with van der Waals surface area (Å²) >= 11 is 1.54. The molecule has 11 heteroatoms. The van der Waals surface area contributed by atoms with Gasteiger partial charge >= 0.3 is 6.03 Å². The van der Waals surface area contributed by atoms with Crippen molar-refractivity contribution in [2.45, 2.75) is 24.3 Å². The van der Waals surface area contributed by atoms with Gasteiger partial charge in [0.2, 0.25) is 5.91 Å². The van der Waals surface area contributed by atoms with E-state index in [1.54, 1.807) is 42.5 Å². The standard InChI is InChI=1S/C26H23F2N3O4S2/c1-16-5-3-4-6-24(16)37(34,35)30-26(33)29-22(13-17-11-19(27)15-20(28)12-17)25(32)31(2)21-7-8-23-18(14-21)9-10-36-23/h3-12,14-15,22H,13H2,1-2H3,(H2,29,30,33)/t22-/m0/s1. The fraction of sp³-hybridized carbons (Fsp3) is 0.154. The van der Waals surface area contributed by atoms with Gasteiger partial charge in [-0.05, 0) is 71.3 Å². The molecule has 1 heterocycles. The predicted molar refractivity (Wildman–Crippen MR) is 139 cm³/mol. The molecule has 0 aliphatic heterocycles. The summed E-state index contributed by atoms with van der Waals surface area (Å²) in [5.41, 5.74) is 1.06. The number of fused-ring (bicyclic) bond motifs is 1. The number of carbonyl (C=O) groups is 2. The molecule has 0 saturated carbocycles. The van der Waals surface area contributed by atoms with Gasteiger partial charge in [-0.25, -0.2) is 26.7 Å². The molecule has 0 spiro atoms. The Hall–Kier alpha value is -3.83. The molecule has 4 aromatic rings. The van der Waals surface area contributed by atoms with Crippen LogP contribution >= 0.6 is 11.3 Å². The monoisotopic (exact) mass is 543 g/mol. The molecule has 0 fully saturated rings. The number of nitrogens with zero attached hydrogens (tertiary/aromatic N) is 1. The summed E-state index contributed by atoms with van der Waals surface area (Å²) in [4.78, 5) is 27.4. The van der Waals surface area contributed by atoms with Crippen molar-refractivity contribution in [1.82, 2.24) is 10.0 Å². The molecule has 4 rings (SSSR count). The van der Waals surface area contributed by atoms with Gasteiger partial charge in [-0.3, -0.25) is 4.79 Å². The maximum Gasteiger partial charge on any atom is 0.329 e. The minimum absolute atomic E-state index is 0.0959. The number of anilines is 1. The van der Waals surface area contributed by atoms with E-state index in [4.69, 9.17) is 0 Å². The van der Waals surface area contributed by atoms with E-state index in [1.165, 1.54) is 24.1 Å². The Bertz CT molecular complexity index is 1570. The molecule has 37 heavy (non-hydrogen) atoms. The van der Waals surface area contributed by atoms with Crippen LogP contribution in [0.15, 0.2) is 77.0 Å². The van der Waals surface area contributed by atoms with E-state index in [9.17, 15) is 26.8 Å². The van der Waals surface area contributed by atoms with Gasteiger partial charge < -0.3 is 10.2 Å². The second kappa shape index (κ2) is 10.7. The number of benzene rings is 3. The number of thiophene rings is 1. The largest absolute Gasteiger partial charge is 0.329 e. The van der Waals surface area contributed by atoms with Crippen molar-refractivity contribution in [2.75, 3.05) is 11.9 Å². The van der Waals surface area contributed by atoms with Crippen LogP contribution in [0.3, 0.4) is 0 Å². The molecule has 0 aliphatic rings. The van der Waals surface area contributed by atoms with E-state index in [2.05, 4.69) is 5.32 Å². The highest BCUT2D eigenvalue weighted by atomic mass is 32.2. The lowest BCUT2D eigenvalue weighted by atomic mass is 10.0. The molecule has 0 aliphatic carbocycles. The van der Waals surface area contributed by atoms with Gasteiger partial charge in [-0.15, -0.1) is 11.3 Å². The highest BCUT2D eigenvalue weighted by Crippen LogP contribution is 2.26. The first-order chi connectivity index (χ1) is 17.5. The van der Waals surface area contributed by atoms with Crippen molar-refractivity contribution < 1.29 is 26.8 Å². The Morgan fingerprint density at radius 2 is 1.70 bits per heavy atom. The van der Waals surface area contributed by atoms with Gasteiger partial charge in [-0.2, -0.15) is 0 Å². The van der Waals surface area contributed by atoms with Gasteiger partial charge in [0.05, 0.1) is 4.90 Å². The number of nitrogens with one attached hydrogen (secondary N) is 2. The van der Waals surface area contributed by atoms with Gasteiger partial charge in [0, 0.05) is 29.9 Å². The summed E-state index contributed by atoms with van der Waals surface area (Å²) in [6.07, 6.45) is -0.281. The second-order valence-corrected chi connectivity index (χ2v) is 11.0. The van der Waals surface area contributed by atoms with E-state index < -0.39 is 39.6 Å². The molecule has 1 aromatic heterocycles. The molecule has 2 N–H and O–H groups in total. The van der Waals surface area contributed by atoms with Gasteiger partial charge in [0.1, 0.15) is 17.7 Å². The number of aryl methyl sites for hydroxylation is 1. The summed E-state index contributed by atoms with van der Waals surface area (Å²) < 4.78 is 56.1. The molecular formula is C26H23F2N3O4S2. The number of hydrogen-bond donors (Lipinski definition) is 2. The zero-order chi connectivity index (χ0) is 26.7. The molecule has 192 valence electrons. The van der Waals surface area contributed by atoms with Crippen LogP contribution in [0.1, 0.15) is 11.1 Å². The topological polar surface area (TPSA) is 95.6 Å². The smallest absolute Gasteiger partial charge is 0.325 e. The third kappa shape index (κ3) is 6.12. The van der Waals surface area contributed by atoms with Gasteiger partial charge in [0.25, 0.3) is 10.0 Å². The fourth-order valence-corrected chi connectivity index (χ4v) is 5.84. The van der Waals surface area contributed by atoms with Crippen LogP contribution in [0.2, 0.25) is 0 Å². The van der Waals surface area contributed by atoms with E-state index in [1.807, 2.05) is 22.2 Å². The molecule has 0 radical (unpaired) electrons. The Kier molecular flexibility index (Phi) is 7.55. The summed E-state index contributed by atoms with van der Waals surface area (Å²) in [6.45, 7) is 1.58. The van der Waals surface area contributed by atoms with Crippen molar-refractivity contribution in [2.24, 2.45) is 0 Å². The zero-order valence-corrected chi connectivity index (χ0v) is 21.5. The molecule has 0 saturated heterocycles. The normalized spacial score (nSPS) is 12.2. The van der Waals surface area contributed by atoms with Crippen molar-refractivity contribution in [3.63, 3.8) is 0 Å². The minimum Gasteiger partial charge on any atom is -0.325 e. The average Bonchev–Trinajstić information content (AvgIpc) is 3.30. The number of urea groups is 1. The summed E-state index contributed by atoms with van der Waals surface area (Å²) in [5.74, 6) is -2.30. The van der Waals surface area contributed by atoms with Crippen LogP contribution in [0.25, 0.3) is 10.1 Å². The fourth-order valence-electron chi connectivity index (χ4n) is 3.91. The Labute approximate surface area is 216 Å². The van der Waals surface area contributed by atoms with Crippen LogP contribution in [0.4, 0.5) is 19.3 Å². The molecule has 0 bridgehead atoms. The van der Waals surface area contributed by atoms with Crippen LogP contribution in [0, 0.1) is 18.6 Å². The van der Waals surface area contributed by atoms with Gasteiger partial charge in [0.15, 0.2) is 0 Å². The highest BCUT2D eigenvalue weighted by Gasteiger charge is 2.28. The highest BCUT2D eigenvalue weighted by molar-refractivity contribution is 7.90. The number of amides is 3. The maximum absolute atomic E-state index is 13.8. The number of rotatable bonds is 7. The lowest BCUT2D eigenvalue weighted by Crippen LogP contribution is -2.52. The SMILES string of the molecule is Cc1ccccc1S(=O)(=O)NC(=O)N[C@@H](Cc1cc(F)cc(F)c1)C(=O)N(C)c1ccc2sccc2c1. The molecule has 0 unspecified atom stereocenters. The molecule has 1 atom stereocenters. The third-order valence-corrected chi connectivity index (χ3v) is 8.12. The second-order valence-electron chi connectivity index (χ2n) is 8.42. The number of hydrogen-bond acceptors (Lipinski definition) is 5. The first-order valence-electron chi connectivity index (χ1n) is 11.1. The van der Waals surface area contributed by atoms with Crippen LogP contribution in [-0.2, 0) is 21.2 Å². The number of carbonyl (C=O) groups excluding carboxylic acids is 2.